The molecule has 0 saturated carbocycles. The van der Waals surface area contributed by atoms with E-state index in [1.54, 1.807) is 0 Å². The van der Waals surface area contributed by atoms with Gasteiger partial charge in [0, 0.05) is 18.5 Å². The highest BCUT2D eigenvalue weighted by Gasteiger charge is 2.35. The zero-order valence-corrected chi connectivity index (χ0v) is 18.1. The zero-order valence-electron chi connectivity index (χ0n) is 17.3. The van der Waals surface area contributed by atoms with E-state index in [1.807, 2.05) is 6.92 Å². The molecule has 4 rings (SSSR count). The topological polar surface area (TPSA) is 49.4 Å². The maximum atomic E-state index is 12.1. The lowest BCUT2D eigenvalue weighted by atomic mass is 9.74. The van der Waals surface area contributed by atoms with Crippen molar-refractivity contribution < 1.29 is 8.42 Å². The number of likely N-dealkylation sites (tertiary alicyclic amines) is 1. The van der Waals surface area contributed by atoms with Gasteiger partial charge in [0.1, 0.15) is 0 Å². The molecule has 1 saturated heterocycles. The fraction of sp³-hybridized carbons (Fsp3) is 0.500. The zero-order chi connectivity index (χ0) is 20.3. The molecule has 1 heterocycles. The number of nitrogens with one attached hydrogen (secondary N) is 1. The van der Waals surface area contributed by atoms with Gasteiger partial charge in [-0.1, -0.05) is 55.5 Å². The SMILES string of the molecule is CCCS(=O)(=O)NCc1ccc2c(c1)[C@@H](Cc1ccccc1)[C@@H](N1CCC1)CC2. The lowest BCUT2D eigenvalue weighted by molar-refractivity contribution is 0.0877. The van der Waals surface area contributed by atoms with Crippen molar-refractivity contribution >= 4 is 10.0 Å². The van der Waals surface area contributed by atoms with Crippen LogP contribution in [0.3, 0.4) is 0 Å². The van der Waals surface area contributed by atoms with Gasteiger partial charge in [0.05, 0.1) is 5.75 Å². The van der Waals surface area contributed by atoms with Crippen molar-refractivity contribution in [1.29, 1.82) is 0 Å². The lowest BCUT2D eigenvalue weighted by Gasteiger charge is -2.45. The summed E-state index contributed by atoms with van der Waals surface area (Å²) in [6.45, 7) is 4.69. The summed E-state index contributed by atoms with van der Waals surface area (Å²) in [6.07, 6.45) is 5.31. The van der Waals surface area contributed by atoms with Crippen molar-refractivity contribution in [2.75, 3.05) is 18.8 Å². The molecule has 1 aliphatic heterocycles. The largest absolute Gasteiger partial charge is 0.300 e. The number of fused-ring (bicyclic) bond motifs is 1. The number of hydrogen-bond donors (Lipinski definition) is 1. The molecule has 0 unspecified atom stereocenters. The summed E-state index contributed by atoms with van der Waals surface area (Å²) >= 11 is 0. The van der Waals surface area contributed by atoms with Crippen LogP contribution >= 0.6 is 0 Å². The van der Waals surface area contributed by atoms with Crippen LogP contribution in [-0.2, 0) is 29.4 Å². The molecule has 2 aliphatic rings. The third kappa shape index (κ3) is 4.90. The monoisotopic (exact) mass is 412 g/mol. The van der Waals surface area contributed by atoms with Gasteiger partial charge in [-0.3, -0.25) is 4.90 Å². The Balaban J connectivity index is 1.59. The lowest BCUT2D eigenvalue weighted by Crippen LogP contribution is -2.49. The maximum absolute atomic E-state index is 12.1. The molecule has 0 spiro atoms. The maximum Gasteiger partial charge on any atom is 0.211 e. The van der Waals surface area contributed by atoms with E-state index >= 15 is 0 Å². The molecule has 0 aromatic heterocycles. The number of benzene rings is 2. The molecule has 0 radical (unpaired) electrons. The van der Waals surface area contributed by atoms with Crippen LogP contribution in [0.4, 0.5) is 0 Å². The highest BCUT2D eigenvalue weighted by molar-refractivity contribution is 7.89. The predicted molar refractivity (Wildman–Crippen MR) is 119 cm³/mol. The second-order valence-corrected chi connectivity index (χ2v) is 10.4. The Bertz CT molecular complexity index is 923. The third-order valence-corrected chi connectivity index (χ3v) is 7.94. The van der Waals surface area contributed by atoms with E-state index < -0.39 is 10.0 Å². The fourth-order valence-electron chi connectivity index (χ4n) is 4.80. The minimum absolute atomic E-state index is 0.186. The van der Waals surface area contributed by atoms with Gasteiger partial charge in [0.2, 0.25) is 10.0 Å². The molecule has 0 bridgehead atoms. The second-order valence-electron chi connectivity index (χ2n) is 8.46. The summed E-state index contributed by atoms with van der Waals surface area (Å²) in [7, 11) is -3.19. The van der Waals surface area contributed by atoms with Gasteiger partial charge >= 0.3 is 0 Å². The molecule has 0 amide bonds. The van der Waals surface area contributed by atoms with Crippen LogP contribution in [0.1, 0.15) is 54.4 Å². The summed E-state index contributed by atoms with van der Waals surface area (Å²) < 4.78 is 26.9. The van der Waals surface area contributed by atoms with E-state index in [9.17, 15) is 8.42 Å². The average molecular weight is 413 g/mol. The van der Waals surface area contributed by atoms with Crippen LogP contribution in [0.25, 0.3) is 0 Å². The van der Waals surface area contributed by atoms with E-state index in [0.29, 0.717) is 24.9 Å². The number of nitrogens with zero attached hydrogens (tertiary/aromatic N) is 1. The molecule has 29 heavy (non-hydrogen) atoms. The van der Waals surface area contributed by atoms with Crippen molar-refractivity contribution in [2.24, 2.45) is 0 Å². The first kappa shape index (κ1) is 20.6. The highest BCUT2D eigenvalue weighted by atomic mass is 32.2. The first-order valence-corrected chi connectivity index (χ1v) is 12.6. The van der Waals surface area contributed by atoms with Crippen LogP contribution in [0.5, 0.6) is 0 Å². The van der Waals surface area contributed by atoms with Gasteiger partial charge in [-0.05, 0) is 67.4 Å². The van der Waals surface area contributed by atoms with E-state index in [0.717, 1.165) is 18.4 Å². The van der Waals surface area contributed by atoms with Gasteiger partial charge in [-0.15, -0.1) is 0 Å². The molecular formula is C24H32N2O2S. The average Bonchev–Trinajstić information content (AvgIpc) is 2.67. The molecule has 156 valence electrons. The molecule has 4 nitrogen and oxygen atoms in total. The normalized spacial score (nSPS) is 22.1. The highest BCUT2D eigenvalue weighted by Crippen LogP contribution is 2.39. The second kappa shape index (κ2) is 8.99. The quantitative estimate of drug-likeness (QED) is 0.716. The van der Waals surface area contributed by atoms with Crippen LogP contribution < -0.4 is 4.72 Å². The first-order valence-electron chi connectivity index (χ1n) is 10.9. The summed E-state index contributed by atoms with van der Waals surface area (Å²) in [5.41, 5.74) is 5.29. The standard InChI is InChI=1S/C24H32N2O2S/c1-2-15-29(27,28)25-18-20-9-10-21-11-12-24(26-13-6-14-26)23(22(21)17-20)16-19-7-4-3-5-8-19/h3-5,7-10,17,23-25H,2,6,11-16,18H2,1H3/t23-,24+/m1/s1. The predicted octanol–water partition coefficient (Wildman–Crippen LogP) is 3.86. The Labute approximate surface area is 175 Å². The van der Waals surface area contributed by atoms with Crippen LogP contribution in [0, 0.1) is 0 Å². The van der Waals surface area contributed by atoms with Gasteiger partial charge in [-0.25, -0.2) is 13.1 Å². The molecular weight excluding hydrogens is 380 g/mol. The number of hydrogen-bond acceptors (Lipinski definition) is 3. The van der Waals surface area contributed by atoms with E-state index in [1.165, 1.54) is 42.6 Å². The first-order chi connectivity index (χ1) is 14.1. The Kier molecular flexibility index (Phi) is 6.38. The number of rotatable bonds is 8. The van der Waals surface area contributed by atoms with Crippen molar-refractivity contribution in [2.45, 2.75) is 57.5 Å². The smallest absolute Gasteiger partial charge is 0.211 e. The van der Waals surface area contributed by atoms with Gasteiger partial charge in [-0.2, -0.15) is 0 Å². The Morgan fingerprint density at radius 2 is 1.86 bits per heavy atom. The Morgan fingerprint density at radius 1 is 1.07 bits per heavy atom. The molecule has 1 N–H and O–H groups in total. The Morgan fingerprint density at radius 3 is 2.55 bits per heavy atom. The number of aryl methyl sites for hydroxylation is 1. The van der Waals surface area contributed by atoms with Crippen molar-refractivity contribution in [3.8, 4) is 0 Å². The number of sulfonamides is 1. The van der Waals surface area contributed by atoms with E-state index in [2.05, 4.69) is 58.2 Å². The summed E-state index contributed by atoms with van der Waals surface area (Å²) in [5, 5.41) is 0. The van der Waals surface area contributed by atoms with Crippen LogP contribution in [0.15, 0.2) is 48.5 Å². The summed E-state index contributed by atoms with van der Waals surface area (Å²) in [6, 6.07) is 17.9. The summed E-state index contributed by atoms with van der Waals surface area (Å²) in [4.78, 5) is 2.65. The van der Waals surface area contributed by atoms with E-state index in [-0.39, 0.29) is 5.75 Å². The fourth-order valence-corrected chi connectivity index (χ4v) is 5.87. The molecule has 2 aromatic rings. The van der Waals surface area contributed by atoms with Crippen molar-refractivity contribution in [3.05, 3.63) is 70.8 Å². The molecule has 5 heteroatoms. The van der Waals surface area contributed by atoms with Gasteiger partial charge in [0.15, 0.2) is 0 Å². The molecule has 2 atom stereocenters. The van der Waals surface area contributed by atoms with Crippen molar-refractivity contribution in [3.63, 3.8) is 0 Å². The van der Waals surface area contributed by atoms with E-state index in [4.69, 9.17) is 0 Å². The van der Waals surface area contributed by atoms with Gasteiger partial charge < -0.3 is 0 Å². The molecule has 1 aliphatic carbocycles. The molecule has 1 fully saturated rings. The van der Waals surface area contributed by atoms with Gasteiger partial charge in [0.25, 0.3) is 0 Å². The Hall–Kier alpha value is -1.69. The summed E-state index contributed by atoms with van der Waals surface area (Å²) in [5.74, 6) is 0.652. The van der Waals surface area contributed by atoms with Crippen LogP contribution in [0.2, 0.25) is 0 Å². The minimum atomic E-state index is -3.19. The molecule has 2 aromatic carbocycles. The van der Waals surface area contributed by atoms with Crippen LogP contribution in [-0.4, -0.2) is 38.2 Å². The minimum Gasteiger partial charge on any atom is -0.300 e. The third-order valence-electron chi connectivity index (χ3n) is 6.41. The van der Waals surface area contributed by atoms with Crippen molar-refractivity contribution in [1.82, 2.24) is 9.62 Å².